The maximum absolute atomic E-state index is 12.7. The van der Waals surface area contributed by atoms with Gasteiger partial charge in [-0.2, -0.15) is 0 Å². The molecule has 0 fully saturated rings. The zero-order valence-corrected chi connectivity index (χ0v) is 9.03. The second-order valence-electron chi connectivity index (χ2n) is 3.37. The monoisotopic (exact) mass is 237 g/mol. The molecule has 2 nitrogen and oxygen atoms in total. The summed E-state index contributed by atoms with van der Waals surface area (Å²) in [5, 5.41) is 10.3. The Hall–Kier alpha value is -1.45. The van der Waals surface area contributed by atoms with Crippen molar-refractivity contribution in [1.82, 2.24) is 4.98 Å². The van der Waals surface area contributed by atoms with Crippen molar-refractivity contribution in [3.05, 3.63) is 64.7 Å². The lowest BCUT2D eigenvalue weighted by Crippen LogP contribution is -2.00. The minimum atomic E-state index is -0.814. The molecule has 1 aromatic carbocycles. The average Bonchev–Trinajstić information content (AvgIpc) is 2.30. The molecule has 1 N–H and O–H groups in total. The van der Waals surface area contributed by atoms with Crippen molar-refractivity contribution < 1.29 is 9.50 Å². The summed E-state index contributed by atoms with van der Waals surface area (Å²) in [6.07, 6.45) is 0.682. The molecular formula is C12H9ClFNO. The van der Waals surface area contributed by atoms with Gasteiger partial charge in [-0.15, -0.1) is 0 Å². The second kappa shape index (κ2) is 4.60. The van der Waals surface area contributed by atoms with Gasteiger partial charge in [0.1, 0.15) is 17.1 Å². The lowest BCUT2D eigenvalue weighted by atomic mass is 10.0. The van der Waals surface area contributed by atoms with Gasteiger partial charge in [0.25, 0.3) is 0 Å². The van der Waals surface area contributed by atoms with Crippen molar-refractivity contribution in [1.29, 1.82) is 0 Å². The number of halogens is 2. The van der Waals surface area contributed by atoms with Crippen molar-refractivity contribution >= 4 is 11.6 Å². The molecule has 16 heavy (non-hydrogen) atoms. The van der Waals surface area contributed by atoms with E-state index in [1.165, 1.54) is 30.5 Å². The molecule has 0 bridgehead atoms. The number of benzene rings is 1. The smallest absolute Gasteiger partial charge is 0.129 e. The van der Waals surface area contributed by atoms with E-state index < -0.39 is 6.10 Å². The third-order valence-electron chi connectivity index (χ3n) is 2.25. The van der Waals surface area contributed by atoms with E-state index in [1.807, 2.05) is 0 Å². The summed E-state index contributed by atoms with van der Waals surface area (Å²) in [5.74, 6) is -0.329. The molecule has 0 unspecified atom stereocenters. The van der Waals surface area contributed by atoms with E-state index in [0.717, 1.165) is 0 Å². The van der Waals surface area contributed by atoms with Crippen LogP contribution in [0, 0.1) is 5.82 Å². The van der Waals surface area contributed by atoms with Crippen LogP contribution in [0.1, 0.15) is 17.2 Å². The molecule has 0 aliphatic rings. The summed E-state index contributed by atoms with van der Waals surface area (Å²) in [5.41, 5.74) is 1.24. The van der Waals surface area contributed by atoms with Crippen LogP contribution in [-0.2, 0) is 0 Å². The molecule has 2 rings (SSSR count). The van der Waals surface area contributed by atoms with E-state index in [9.17, 15) is 9.50 Å². The van der Waals surface area contributed by atoms with Gasteiger partial charge >= 0.3 is 0 Å². The van der Waals surface area contributed by atoms with Crippen molar-refractivity contribution in [2.24, 2.45) is 0 Å². The minimum absolute atomic E-state index is 0.329. The Bertz CT molecular complexity index is 424. The molecule has 0 saturated heterocycles. The molecule has 4 heteroatoms. The van der Waals surface area contributed by atoms with Crippen LogP contribution in [0.3, 0.4) is 0 Å². The van der Waals surface area contributed by atoms with E-state index in [4.69, 9.17) is 11.6 Å². The van der Waals surface area contributed by atoms with Gasteiger partial charge in [-0.25, -0.2) is 9.37 Å². The van der Waals surface area contributed by atoms with E-state index in [1.54, 1.807) is 12.1 Å². The van der Waals surface area contributed by atoms with Crippen molar-refractivity contribution in [3.8, 4) is 0 Å². The molecule has 0 aliphatic carbocycles. The summed E-state index contributed by atoms with van der Waals surface area (Å²) >= 11 is 5.64. The van der Waals surface area contributed by atoms with Gasteiger partial charge in [0.05, 0.1) is 0 Å². The van der Waals surface area contributed by atoms with E-state index in [-0.39, 0.29) is 5.82 Å². The molecule has 1 atom stereocenters. The fourth-order valence-corrected chi connectivity index (χ4v) is 1.50. The number of aromatic nitrogens is 1. The molecule has 1 heterocycles. The molecule has 0 aliphatic heterocycles. The molecule has 0 saturated carbocycles. The van der Waals surface area contributed by atoms with Crippen LogP contribution in [0.2, 0.25) is 5.15 Å². The fraction of sp³-hybridized carbons (Fsp3) is 0.0833. The number of hydrogen-bond donors (Lipinski definition) is 1. The van der Waals surface area contributed by atoms with Gasteiger partial charge in [0, 0.05) is 11.8 Å². The largest absolute Gasteiger partial charge is 0.384 e. The number of aliphatic hydroxyl groups is 1. The average molecular weight is 238 g/mol. The molecule has 0 amide bonds. The number of hydrogen-bond acceptors (Lipinski definition) is 2. The van der Waals surface area contributed by atoms with Crippen molar-refractivity contribution in [2.75, 3.05) is 0 Å². The van der Waals surface area contributed by atoms with Crippen LogP contribution in [0.5, 0.6) is 0 Å². The zero-order chi connectivity index (χ0) is 11.5. The predicted octanol–water partition coefficient (Wildman–Crippen LogP) is 2.96. The van der Waals surface area contributed by atoms with E-state index in [0.29, 0.717) is 16.3 Å². The maximum atomic E-state index is 12.7. The SMILES string of the molecule is O[C@H](c1ccc(F)cc1)c1ccc(Cl)nc1. The Morgan fingerprint density at radius 1 is 1.06 bits per heavy atom. The van der Waals surface area contributed by atoms with Gasteiger partial charge in [-0.1, -0.05) is 29.8 Å². The van der Waals surface area contributed by atoms with Crippen LogP contribution >= 0.6 is 11.6 Å². The Kier molecular flexibility index (Phi) is 3.17. The summed E-state index contributed by atoms with van der Waals surface area (Å²) in [7, 11) is 0. The Balaban J connectivity index is 2.28. The number of pyridine rings is 1. The first-order chi connectivity index (χ1) is 7.66. The second-order valence-corrected chi connectivity index (χ2v) is 3.76. The van der Waals surface area contributed by atoms with Gasteiger partial charge in [-0.05, 0) is 23.8 Å². The highest BCUT2D eigenvalue weighted by molar-refractivity contribution is 6.29. The lowest BCUT2D eigenvalue weighted by Gasteiger charge is -2.10. The van der Waals surface area contributed by atoms with Crippen LogP contribution in [-0.4, -0.2) is 10.1 Å². The molecular weight excluding hydrogens is 229 g/mol. The zero-order valence-electron chi connectivity index (χ0n) is 8.27. The van der Waals surface area contributed by atoms with Gasteiger partial charge in [0.15, 0.2) is 0 Å². The summed E-state index contributed by atoms with van der Waals surface area (Å²) < 4.78 is 12.7. The Morgan fingerprint density at radius 3 is 2.25 bits per heavy atom. The molecule has 0 radical (unpaired) electrons. The molecule has 1 aromatic heterocycles. The van der Waals surface area contributed by atoms with Crippen LogP contribution in [0.15, 0.2) is 42.6 Å². The highest BCUT2D eigenvalue weighted by Crippen LogP contribution is 2.22. The Labute approximate surface area is 97.3 Å². The van der Waals surface area contributed by atoms with Gasteiger partial charge in [0.2, 0.25) is 0 Å². The fourth-order valence-electron chi connectivity index (χ4n) is 1.39. The van der Waals surface area contributed by atoms with Crippen LogP contribution < -0.4 is 0 Å². The van der Waals surface area contributed by atoms with Crippen molar-refractivity contribution in [2.45, 2.75) is 6.10 Å². The predicted molar refractivity (Wildman–Crippen MR) is 59.7 cm³/mol. The number of rotatable bonds is 2. The highest BCUT2D eigenvalue weighted by Gasteiger charge is 2.10. The first-order valence-corrected chi connectivity index (χ1v) is 5.09. The summed E-state index contributed by atoms with van der Waals surface area (Å²) in [6.45, 7) is 0. The third-order valence-corrected chi connectivity index (χ3v) is 2.48. The quantitative estimate of drug-likeness (QED) is 0.815. The van der Waals surface area contributed by atoms with Crippen molar-refractivity contribution in [3.63, 3.8) is 0 Å². The minimum Gasteiger partial charge on any atom is -0.384 e. The third kappa shape index (κ3) is 2.38. The maximum Gasteiger partial charge on any atom is 0.129 e. The molecule has 82 valence electrons. The first kappa shape index (κ1) is 11.0. The Morgan fingerprint density at radius 2 is 1.69 bits per heavy atom. The van der Waals surface area contributed by atoms with Gasteiger partial charge < -0.3 is 5.11 Å². The lowest BCUT2D eigenvalue weighted by molar-refractivity contribution is 0.220. The van der Waals surface area contributed by atoms with Crippen LogP contribution in [0.4, 0.5) is 4.39 Å². The first-order valence-electron chi connectivity index (χ1n) is 4.72. The van der Waals surface area contributed by atoms with Gasteiger partial charge in [-0.3, -0.25) is 0 Å². The number of aliphatic hydroxyl groups excluding tert-OH is 1. The summed E-state index contributed by atoms with van der Waals surface area (Å²) in [4.78, 5) is 3.87. The van der Waals surface area contributed by atoms with E-state index >= 15 is 0 Å². The topological polar surface area (TPSA) is 33.1 Å². The molecule has 0 spiro atoms. The van der Waals surface area contributed by atoms with E-state index in [2.05, 4.69) is 4.98 Å². The number of nitrogens with zero attached hydrogens (tertiary/aromatic N) is 1. The normalized spacial score (nSPS) is 12.4. The van der Waals surface area contributed by atoms with Crippen LogP contribution in [0.25, 0.3) is 0 Å². The highest BCUT2D eigenvalue weighted by atomic mass is 35.5. The molecule has 2 aromatic rings. The summed E-state index contributed by atoms with van der Waals surface area (Å²) in [6, 6.07) is 8.97. The standard InChI is InChI=1S/C12H9ClFNO/c13-11-6-3-9(7-15-11)12(16)8-1-4-10(14)5-2-8/h1-7,12,16H/t12-/m1/s1.